The van der Waals surface area contributed by atoms with Crippen molar-refractivity contribution in [2.24, 2.45) is 34.7 Å². The van der Waals surface area contributed by atoms with Crippen molar-refractivity contribution in [2.75, 3.05) is 26.2 Å². The summed E-state index contributed by atoms with van der Waals surface area (Å²) in [6.07, 6.45) is 0.585. The molecule has 0 aromatic heterocycles. The summed E-state index contributed by atoms with van der Waals surface area (Å²) < 4.78 is 16.1. The zero-order valence-corrected chi connectivity index (χ0v) is 18.6. The van der Waals surface area contributed by atoms with E-state index in [1.165, 1.54) is 4.90 Å². The molecule has 8 heteroatoms. The van der Waals surface area contributed by atoms with E-state index in [-0.39, 0.29) is 47.5 Å². The summed E-state index contributed by atoms with van der Waals surface area (Å²) in [5.74, 6) is 0.931. The normalized spacial score (nSPS) is 31.2. The van der Waals surface area contributed by atoms with Crippen LogP contribution in [0, 0.1) is 29.6 Å². The molecule has 2 aliphatic carbocycles. The first-order valence-electron chi connectivity index (χ1n) is 11.0. The number of fused-ring (bicyclic) bond motifs is 8. The van der Waals surface area contributed by atoms with Crippen LogP contribution in [0.25, 0.3) is 0 Å². The van der Waals surface area contributed by atoms with E-state index >= 15 is 0 Å². The molecule has 0 spiro atoms. The van der Waals surface area contributed by atoms with Gasteiger partial charge in [0.1, 0.15) is 23.4 Å². The lowest BCUT2D eigenvalue weighted by atomic mass is 9.71. The highest BCUT2D eigenvalue weighted by Crippen LogP contribution is 2.62. The van der Waals surface area contributed by atoms with Gasteiger partial charge >= 0.3 is 0 Å². The standard InChI is InChI=1S/C25H24N2O6/c1-30-13-6-4-12(5-7-13)27-24(28)19-16-11-17(20(19)25(27)29)23-21(16)22(26-33-23)15-9-8-14(31-2)10-18(15)32-3/h4-10,16-17,19-21,23H,11H2,1-3H3/t16-,17-,19-,20-,21-,23+/m1/s1. The molecule has 33 heavy (non-hydrogen) atoms. The number of ether oxygens (including phenoxy) is 3. The first kappa shape index (κ1) is 20.1. The molecule has 1 saturated heterocycles. The van der Waals surface area contributed by atoms with Gasteiger partial charge in [-0.3, -0.25) is 14.5 Å². The Balaban J connectivity index is 1.33. The number of imide groups is 1. The fraction of sp³-hybridized carbons (Fsp3) is 0.400. The summed E-state index contributed by atoms with van der Waals surface area (Å²) in [4.78, 5) is 34.2. The van der Waals surface area contributed by atoms with Crippen molar-refractivity contribution in [1.82, 2.24) is 0 Å². The minimum atomic E-state index is -0.363. The predicted octanol–water partition coefficient (Wildman–Crippen LogP) is 2.89. The van der Waals surface area contributed by atoms with Crippen molar-refractivity contribution in [2.45, 2.75) is 12.5 Å². The van der Waals surface area contributed by atoms with Gasteiger partial charge in [-0.25, -0.2) is 0 Å². The second-order valence-electron chi connectivity index (χ2n) is 8.96. The number of carbonyl (C=O) groups excluding carboxylic acids is 2. The summed E-state index contributed by atoms with van der Waals surface area (Å²) in [6.45, 7) is 0. The fourth-order valence-corrected chi connectivity index (χ4v) is 6.34. The van der Waals surface area contributed by atoms with E-state index < -0.39 is 0 Å². The van der Waals surface area contributed by atoms with Crippen molar-refractivity contribution in [3.63, 3.8) is 0 Å². The zero-order chi connectivity index (χ0) is 22.9. The van der Waals surface area contributed by atoms with Crippen LogP contribution in [0.4, 0.5) is 5.69 Å². The molecule has 2 aromatic rings. The van der Waals surface area contributed by atoms with Gasteiger partial charge in [0.15, 0.2) is 0 Å². The first-order chi connectivity index (χ1) is 16.1. The fourth-order valence-electron chi connectivity index (χ4n) is 6.34. The third-order valence-corrected chi connectivity index (χ3v) is 7.71. The second kappa shape index (κ2) is 7.23. The lowest BCUT2D eigenvalue weighted by Gasteiger charge is -2.30. The predicted molar refractivity (Wildman–Crippen MR) is 119 cm³/mol. The van der Waals surface area contributed by atoms with Gasteiger partial charge in [-0.1, -0.05) is 5.16 Å². The van der Waals surface area contributed by atoms with Crippen LogP contribution in [0.3, 0.4) is 0 Å². The molecule has 6 rings (SSSR count). The largest absolute Gasteiger partial charge is 0.497 e. The number of anilines is 1. The molecule has 2 heterocycles. The number of nitrogens with zero attached hydrogens (tertiary/aromatic N) is 2. The van der Waals surface area contributed by atoms with Gasteiger partial charge in [0.25, 0.3) is 0 Å². The highest BCUT2D eigenvalue weighted by molar-refractivity contribution is 6.23. The highest BCUT2D eigenvalue weighted by atomic mass is 16.6. The Labute approximate surface area is 191 Å². The molecule has 0 unspecified atom stereocenters. The molecule has 0 radical (unpaired) electrons. The molecular weight excluding hydrogens is 424 g/mol. The maximum Gasteiger partial charge on any atom is 0.238 e. The molecule has 6 atom stereocenters. The summed E-state index contributed by atoms with van der Waals surface area (Å²) in [5, 5.41) is 4.41. The summed E-state index contributed by atoms with van der Waals surface area (Å²) >= 11 is 0. The molecule has 0 N–H and O–H groups in total. The van der Waals surface area contributed by atoms with Gasteiger partial charge in [-0.2, -0.15) is 0 Å². The summed E-state index contributed by atoms with van der Waals surface area (Å²) in [5.41, 5.74) is 2.20. The molecule has 2 aliphatic heterocycles. The van der Waals surface area contributed by atoms with Crippen molar-refractivity contribution >= 4 is 23.2 Å². The Morgan fingerprint density at radius 3 is 2.18 bits per heavy atom. The highest BCUT2D eigenvalue weighted by Gasteiger charge is 2.70. The van der Waals surface area contributed by atoms with Gasteiger partial charge < -0.3 is 19.0 Å². The Kier molecular flexibility index (Phi) is 4.40. The van der Waals surface area contributed by atoms with E-state index in [1.54, 1.807) is 45.6 Å². The number of oxime groups is 1. The first-order valence-corrected chi connectivity index (χ1v) is 11.0. The lowest BCUT2D eigenvalue weighted by Crippen LogP contribution is -2.41. The molecule has 4 aliphatic rings. The van der Waals surface area contributed by atoms with E-state index in [0.29, 0.717) is 22.9 Å². The zero-order valence-electron chi connectivity index (χ0n) is 18.6. The Morgan fingerprint density at radius 2 is 1.52 bits per heavy atom. The van der Waals surface area contributed by atoms with Crippen molar-refractivity contribution < 1.29 is 28.6 Å². The van der Waals surface area contributed by atoms with Crippen molar-refractivity contribution in [3.8, 4) is 17.2 Å². The third kappa shape index (κ3) is 2.66. The average molecular weight is 448 g/mol. The summed E-state index contributed by atoms with van der Waals surface area (Å²) in [6, 6.07) is 12.6. The van der Waals surface area contributed by atoms with Gasteiger partial charge in [0.05, 0.1) is 44.6 Å². The van der Waals surface area contributed by atoms with Gasteiger partial charge in [0, 0.05) is 23.5 Å². The maximum absolute atomic E-state index is 13.5. The molecule has 2 bridgehead atoms. The van der Waals surface area contributed by atoms with Crippen LogP contribution in [0.15, 0.2) is 47.6 Å². The molecular formula is C25H24N2O6. The third-order valence-electron chi connectivity index (χ3n) is 7.71. The number of methoxy groups -OCH3 is 3. The van der Waals surface area contributed by atoms with Crippen LogP contribution < -0.4 is 19.1 Å². The van der Waals surface area contributed by atoms with Crippen LogP contribution >= 0.6 is 0 Å². The van der Waals surface area contributed by atoms with Crippen LogP contribution in [0.5, 0.6) is 17.2 Å². The van der Waals surface area contributed by atoms with E-state index in [2.05, 4.69) is 5.16 Å². The average Bonchev–Trinajstić information content (AvgIpc) is 3.59. The van der Waals surface area contributed by atoms with Crippen LogP contribution in [-0.2, 0) is 14.4 Å². The molecule has 2 aromatic carbocycles. The Bertz CT molecular complexity index is 1180. The second-order valence-corrected chi connectivity index (χ2v) is 8.96. The smallest absolute Gasteiger partial charge is 0.238 e. The topological polar surface area (TPSA) is 86.7 Å². The van der Waals surface area contributed by atoms with Crippen molar-refractivity contribution in [3.05, 3.63) is 48.0 Å². The SMILES string of the molecule is COc1ccc(N2C(=O)[C@@H]3[C@H]4C[C@@H]([C@@H]5ON=C(c6ccc(OC)cc6OC)[C@@H]45)[C@H]3C2=O)cc1. The molecule has 3 fully saturated rings. The quantitative estimate of drug-likeness (QED) is 0.654. The van der Waals surface area contributed by atoms with E-state index in [9.17, 15) is 9.59 Å². The van der Waals surface area contributed by atoms with E-state index in [0.717, 1.165) is 17.7 Å². The minimum absolute atomic E-state index is 0.00208. The van der Waals surface area contributed by atoms with Crippen LogP contribution in [0.1, 0.15) is 12.0 Å². The van der Waals surface area contributed by atoms with Crippen LogP contribution in [0.2, 0.25) is 0 Å². The summed E-state index contributed by atoms with van der Waals surface area (Å²) in [7, 11) is 4.79. The monoisotopic (exact) mass is 448 g/mol. The van der Waals surface area contributed by atoms with Crippen LogP contribution in [-0.4, -0.2) is 45.0 Å². The lowest BCUT2D eigenvalue weighted by molar-refractivity contribution is -0.125. The molecule has 2 saturated carbocycles. The van der Waals surface area contributed by atoms with E-state index in [4.69, 9.17) is 19.0 Å². The number of carbonyl (C=O) groups is 2. The number of benzene rings is 2. The van der Waals surface area contributed by atoms with Crippen molar-refractivity contribution in [1.29, 1.82) is 0 Å². The van der Waals surface area contributed by atoms with E-state index in [1.807, 2.05) is 18.2 Å². The number of hydrogen-bond acceptors (Lipinski definition) is 7. The Hall–Kier alpha value is -3.55. The molecule has 8 nitrogen and oxygen atoms in total. The molecule has 170 valence electrons. The Morgan fingerprint density at radius 1 is 0.848 bits per heavy atom. The number of hydrogen-bond donors (Lipinski definition) is 0. The number of amides is 2. The maximum atomic E-state index is 13.5. The number of rotatable bonds is 5. The van der Waals surface area contributed by atoms with Gasteiger partial charge in [0.2, 0.25) is 11.8 Å². The minimum Gasteiger partial charge on any atom is -0.497 e. The van der Waals surface area contributed by atoms with Gasteiger partial charge in [-0.15, -0.1) is 0 Å². The molecule has 2 amide bonds. The van der Waals surface area contributed by atoms with Gasteiger partial charge in [-0.05, 0) is 48.7 Å².